The second-order valence-corrected chi connectivity index (χ2v) is 5.70. The predicted octanol–water partition coefficient (Wildman–Crippen LogP) is 4.88. The van der Waals surface area contributed by atoms with Gasteiger partial charge in [-0.2, -0.15) is 17.0 Å². The van der Waals surface area contributed by atoms with Crippen LogP contribution in [0.2, 0.25) is 5.02 Å². The minimum absolute atomic E-state index is 0.0431. The molecule has 96 valence electrons. The van der Waals surface area contributed by atoms with Crippen LogP contribution in [0.5, 0.6) is 0 Å². The zero-order valence-electron chi connectivity index (χ0n) is 10.4. The lowest BCUT2D eigenvalue weighted by Gasteiger charge is -2.09. The Bertz CT molecular complexity index is 545. The number of hydrogen-bond donors (Lipinski definition) is 0. The highest BCUT2D eigenvalue weighted by Gasteiger charge is 2.09. The van der Waals surface area contributed by atoms with Gasteiger partial charge in [-0.3, -0.25) is 0 Å². The van der Waals surface area contributed by atoms with Crippen molar-refractivity contribution in [2.24, 2.45) is 0 Å². The van der Waals surface area contributed by atoms with Gasteiger partial charge in [0.1, 0.15) is 0 Å². The molecule has 0 N–H and O–H groups in total. The number of nitriles is 1. The van der Waals surface area contributed by atoms with Gasteiger partial charge in [-0.25, -0.2) is 0 Å². The van der Waals surface area contributed by atoms with Gasteiger partial charge in [0.05, 0.1) is 12.0 Å². The molecule has 1 unspecified atom stereocenters. The molecule has 0 spiro atoms. The van der Waals surface area contributed by atoms with Gasteiger partial charge in [0.25, 0.3) is 0 Å². The topological polar surface area (TPSA) is 23.8 Å². The highest BCUT2D eigenvalue weighted by atomic mass is 35.5. The summed E-state index contributed by atoms with van der Waals surface area (Å²) in [5.41, 5.74) is 2.33. The fourth-order valence-corrected chi connectivity index (χ4v) is 2.94. The lowest BCUT2D eigenvalue weighted by atomic mass is 10.0. The Hall–Kier alpha value is -1.43. The van der Waals surface area contributed by atoms with Crippen LogP contribution in [0, 0.1) is 11.3 Å². The second kappa shape index (κ2) is 7.23. The van der Waals surface area contributed by atoms with E-state index < -0.39 is 0 Å². The summed E-state index contributed by atoms with van der Waals surface area (Å²) < 4.78 is 0. The van der Waals surface area contributed by atoms with E-state index in [-0.39, 0.29) is 5.92 Å². The first-order chi connectivity index (χ1) is 9.29. The number of benzene rings is 2. The smallest absolute Gasteiger partial charge is 0.0803 e. The van der Waals surface area contributed by atoms with Crippen LogP contribution in [0.1, 0.15) is 17.0 Å². The number of nitrogens with zero attached hydrogens (tertiary/aromatic N) is 1. The van der Waals surface area contributed by atoms with Crippen LogP contribution >= 0.6 is 23.4 Å². The van der Waals surface area contributed by atoms with Gasteiger partial charge in [-0.1, -0.05) is 54.1 Å². The first-order valence-electron chi connectivity index (χ1n) is 6.06. The molecule has 0 amide bonds. The molecule has 0 aromatic heterocycles. The van der Waals surface area contributed by atoms with Gasteiger partial charge in [-0.05, 0) is 23.3 Å². The summed E-state index contributed by atoms with van der Waals surface area (Å²) in [7, 11) is 0. The summed E-state index contributed by atoms with van der Waals surface area (Å²) in [6.45, 7) is 0. The lowest BCUT2D eigenvalue weighted by molar-refractivity contribution is 0.996. The van der Waals surface area contributed by atoms with Crippen molar-refractivity contribution in [1.82, 2.24) is 0 Å². The molecule has 2 rings (SSSR count). The molecule has 0 saturated heterocycles. The van der Waals surface area contributed by atoms with Crippen molar-refractivity contribution in [2.75, 3.05) is 5.75 Å². The average molecular weight is 288 g/mol. The zero-order valence-corrected chi connectivity index (χ0v) is 12.0. The number of halogens is 1. The van der Waals surface area contributed by atoms with Gasteiger partial charge < -0.3 is 0 Å². The van der Waals surface area contributed by atoms with Gasteiger partial charge in [0, 0.05) is 16.5 Å². The van der Waals surface area contributed by atoms with Gasteiger partial charge in [0.2, 0.25) is 0 Å². The molecule has 2 aromatic rings. The van der Waals surface area contributed by atoms with Crippen molar-refractivity contribution >= 4 is 23.4 Å². The quantitative estimate of drug-likeness (QED) is 0.782. The van der Waals surface area contributed by atoms with E-state index in [0.717, 1.165) is 22.1 Å². The van der Waals surface area contributed by atoms with Crippen LogP contribution in [-0.4, -0.2) is 5.75 Å². The van der Waals surface area contributed by atoms with Crippen molar-refractivity contribution in [1.29, 1.82) is 5.26 Å². The molecular formula is C16H14ClNS. The van der Waals surface area contributed by atoms with E-state index in [1.807, 2.05) is 54.6 Å². The summed E-state index contributed by atoms with van der Waals surface area (Å²) in [5.74, 6) is 1.67. The molecule has 0 aliphatic heterocycles. The fraction of sp³-hybridized carbons (Fsp3) is 0.188. The second-order valence-electron chi connectivity index (χ2n) is 4.23. The highest BCUT2D eigenvalue weighted by Crippen LogP contribution is 2.23. The van der Waals surface area contributed by atoms with Gasteiger partial charge >= 0.3 is 0 Å². The maximum atomic E-state index is 9.23. The molecule has 0 bridgehead atoms. The van der Waals surface area contributed by atoms with Crippen LogP contribution in [0.15, 0.2) is 54.6 Å². The third-order valence-electron chi connectivity index (χ3n) is 2.82. The largest absolute Gasteiger partial charge is 0.198 e. The molecule has 0 heterocycles. The van der Waals surface area contributed by atoms with Crippen LogP contribution in [-0.2, 0) is 5.75 Å². The van der Waals surface area contributed by atoms with E-state index in [1.54, 1.807) is 11.8 Å². The Kier molecular flexibility index (Phi) is 5.32. The molecule has 1 nitrogen and oxygen atoms in total. The van der Waals surface area contributed by atoms with E-state index in [9.17, 15) is 5.26 Å². The normalized spacial score (nSPS) is 11.8. The van der Waals surface area contributed by atoms with Crippen molar-refractivity contribution in [3.63, 3.8) is 0 Å². The third-order valence-corrected chi connectivity index (χ3v) is 4.18. The Morgan fingerprint density at radius 2 is 1.74 bits per heavy atom. The molecule has 2 aromatic carbocycles. The van der Waals surface area contributed by atoms with Crippen LogP contribution < -0.4 is 0 Å². The molecule has 0 fully saturated rings. The third kappa shape index (κ3) is 4.31. The van der Waals surface area contributed by atoms with Crippen molar-refractivity contribution in [3.05, 3.63) is 70.7 Å². The van der Waals surface area contributed by atoms with Crippen LogP contribution in [0.25, 0.3) is 0 Å². The van der Waals surface area contributed by atoms with E-state index >= 15 is 0 Å². The molecule has 0 aliphatic rings. The molecule has 3 heteroatoms. The maximum Gasteiger partial charge on any atom is 0.0803 e. The van der Waals surface area contributed by atoms with E-state index in [1.165, 1.54) is 5.56 Å². The van der Waals surface area contributed by atoms with Crippen molar-refractivity contribution < 1.29 is 0 Å². The summed E-state index contributed by atoms with van der Waals surface area (Å²) >= 11 is 7.62. The van der Waals surface area contributed by atoms with Gasteiger partial charge in [-0.15, -0.1) is 0 Å². The van der Waals surface area contributed by atoms with E-state index in [4.69, 9.17) is 11.6 Å². The van der Waals surface area contributed by atoms with Crippen molar-refractivity contribution in [3.8, 4) is 6.07 Å². The van der Waals surface area contributed by atoms with Crippen molar-refractivity contribution in [2.45, 2.75) is 11.7 Å². The monoisotopic (exact) mass is 287 g/mol. The van der Waals surface area contributed by atoms with Gasteiger partial charge in [0.15, 0.2) is 0 Å². The van der Waals surface area contributed by atoms with Crippen LogP contribution in [0.4, 0.5) is 0 Å². The Morgan fingerprint density at radius 3 is 2.37 bits per heavy atom. The Labute approximate surface area is 123 Å². The average Bonchev–Trinajstić information content (AvgIpc) is 2.46. The Balaban J connectivity index is 1.88. The first kappa shape index (κ1) is 14.0. The molecule has 0 saturated carbocycles. The Morgan fingerprint density at radius 1 is 1.05 bits per heavy atom. The first-order valence-corrected chi connectivity index (χ1v) is 7.59. The molecule has 0 radical (unpaired) electrons. The number of thioether (sulfide) groups is 1. The molecule has 19 heavy (non-hydrogen) atoms. The minimum atomic E-state index is -0.0431. The van der Waals surface area contributed by atoms with E-state index in [2.05, 4.69) is 6.07 Å². The maximum absolute atomic E-state index is 9.23. The highest BCUT2D eigenvalue weighted by molar-refractivity contribution is 7.98. The summed E-state index contributed by atoms with van der Waals surface area (Å²) in [4.78, 5) is 0. The summed E-state index contributed by atoms with van der Waals surface area (Å²) in [6.07, 6.45) is 0. The molecule has 1 atom stereocenters. The number of rotatable bonds is 5. The molecule has 0 aliphatic carbocycles. The SMILES string of the molecule is N#CC(CSCc1ccc(Cl)cc1)c1ccccc1. The summed E-state index contributed by atoms with van der Waals surface area (Å²) in [6, 6.07) is 20.2. The number of hydrogen-bond acceptors (Lipinski definition) is 2. The minimum Gasteiger partial charge on any atom is -0.198 e. The lowest BCUT2D eigenvalue weighted by Crippen LogP contribution is -1.99. The predicted molar refractivity (Wildman–Crippen MR) is 82.4 cm³/mol. The zero-order chi connectivity index (χ0) is 13.5. The van der Waals surface area contributed by atoms with E-state index in [0.29, 0.717) is 0 Å². The fourth-order valence-electron chi connectivity index (χ4n) is 1.77. The standard InChI is InChI=1S/C16H14ClNS/c17-16-8-6-13(7-9-16)11-19-12-15(10-18)14-4-2-1-3-5-14/h1-9,15H,11-12H2. The molecular weight excluding hydrogens is 274 g/mol. The summed E-state index contributed by atoms with van der Waals surface area (Å²) in [5, 5.41) is 9.99. The van der Waals surface area contributed by atoms with Crippen LogP contribution in [0.3, 0.4) is 0 Å².